The third-order valence-corrected chi connectivity index (χ3v) is 2.84. The third-order valence-electron chi connectivity index (χ3n) is 2.84. The summed E-state index contributed by atoms with van der Waals surface area (Å²) < 4.78 is 12.9. The zero-order valence-electron chi connectivity index (χ0n) is 9.66. The highest BCUT2D eigenvalue weighted by atomic mass is 19.1. The Hall–Kier alpha value is -1.72. The number of aliphatic hydroxyl groups is 2. The number of hydrogen-bond acceptors (Lipinski definition) is 3. The van der Waals surface area contributed by atoms with Gasteiger partial charge in [-0.2, -0.15) is 0 Å². The van der Waals surface area contributed by atoms with Gasteiger partial charge in [-0.3, -0.25) is 4.79 Å². The first-order valence-corrected chi connectivity index (χ1v) is 5.65. The molecule has 2 N–H and O–H groups in total. The minimum absolute atomic E-state index is 0.119. The molecule has 5 heteroatoms. The molecule has 0 aliphatic carbocycles. The molecule has 0 bridgehead atoms. The van der Waals surface area contributed by atoms with Crippen LogP contribution in [-0.2, 0) is 4.79 Å². The van der Waals surface area contributed by atoms with Crippen LogP contribution in [0, 0.1) is 5.82 Å². The zero-order chi connectivity index (χ0) is 13.1. The van der Waals surface area contributed by atoms with Gasteiger partial charge in [0.1, 0.15) is 5.82 Å². The molecule has 0 aromatic heterocycles. The lowest BCUT2D eigenvalue weighted by molar-refractivity contribution is -0.125. The number of nitrogens with zero attached hydrogens (tertiary/aromatic N) is 1. The van der Waals surface area contributed by atoms with E-state index in [1.807, 2.05) is 0 Å². The number of rotatable bonds is 2. The van der Waals surface area contributed by atoms with Crippen molar-refractivity contribution in [2.24, 2.45) is 0 Å². The van der Waals surface area contributed by atoms with E-state index in [1.165, 1.54) is 29.2 Å². The van der Waals surface area contributed by atoms with Crippen LogP contribution >= 0.6 is 0 Å². The van der Waals surface area contributed by atoms with E-state index in [4.69, 9.17) is 0 Å². The maximum Gasteiger partial charge on any atom is 0.246 e. The van der Waals surface area contributed by atoms with E-state index >= 15 is 0 Å². The molecule has 2 unspecified atom stereocenters. The van der Waals surface area contributed by atoms with E-state index in [2.05, 4.69) is 0 Å². The van der Waals surface area contributed by atoms with Crippen molar-refractivity contribution in [3.05, 3.63) is 41.7 Å². The number of amides is 1. The fourth-order valence-corrected chi connectivity index (χ4v) is 1.83. The van der Waals surface area contributed by atoms with Gasteiger partial charge >= 0.3 is 0 Å². The van der Waals surface area contributed by atoms with E-state index in [0.29, 0.717) is 5.56 Å². The Morgan fingerprint density at radius 3 is 2.61 bits per heavy atom. The maximum absolute atomic E-state index is 12.9. The van der Waals surface area contributed by atoms with Crippen molar-refractivity contribution >= 4 is 12.0 Å². The van der Waals surface area contributed by atoms with Crippen LogP contribution in [-0.4, -0.2) is 46.3 Å². The van der Waals surface area contributed by atoms with Crippen molar-refractivity contribution in [3.63, 3.8) is 0 Å². The van der Waals surface area contributed by atoms with E-state index in [9.17, 15) is 19.4 Å². The molecule has 18 heavy (non-hydrogen) atoms. The summed E-state index contributed by atoms with van der Waals surface area (Å²) in [5, 5.41) is 18.6. The first-order valence-electron chi connectivity index (χ1n) is 5.65. The molecule has 0 spiro atoms. The van der Waals surface area contributed by atoms with Gasteiger partial charge in [-0.15, -0.1) is 0 Å². The van der Waals surface area contributed by atoms with Crippen molar-refractivity contribution in [3.8, 4) is 0 Å². The quantitative estimate of drug-likeness (QED) is 0.748. The summed E-state index contributed by atoms with van der Waals surface area (Å²) in [4.78, 5) is 13.1. The lowest BCUT2D eigenvalue weighted by Crippen LogP contribution is -2.27. The normalized spacial score (nSPS) is 23.8. The van der Waals surface area contributed by atoms with Crippen molar-refractivity contribution in [1.82, 2.24) is 4.90 Å². The fraction of sp³-hybridized carbons (Fsp3) is 0.308. The van der Waals surface area contributed by atoms with Crippen LogP contribution in [0.15, 0.2) is 30.3 Å². The smallest absolute Gasteiger partial charge is 0.246 e. The number of hydrogen-bond donors (Lipinski definition) is 2. The van der Waals surface area contributed by atoms with Crippen molar-refractivity contribution in [2.75, 3.05) is 13.1 Å². The number of carbonyl (C=O) groups is 1. The maximum atomic E-state index is 12.9. The molecule has 1 aromatic carbocycles. The highest BCUT2D eigenvalue weighted by Crippen LogP contribution is 2.11. The average molecular weight is 251 g/mol. The van der Waals surface area contributed by atoms with Crippen molar-refractivity contribution in [1.29, 1.82) is 0 Å². The molecule has 1 aromatic rings. The summed E-state index contributed by atoms with van der Waals surface area (Å²) in [6, 6.07) is 5.88. The van der Waals surface area contributed by atoms with E-state index < -0.39 is 12.2 Å². The van der Waals surface area contributed by atoms with Gasteiger partial charge in [-0.05, 0) is 23.8 Å². The van der Waals surface area contributed by atoms with Gasteiger partial charge in [0.05, 0.1) is 12.2 Å². The largest absolute Gasteiger partial charge is 0.388 e. The Kier molecular flexibility index (Phi) is 3.74. The molecule has 1 aliphatic heterocycles. The van der Waals surface area contributed by atoms with E-state index in [0.717, 1.165) is 0 Å². The van der Waals surface area contributed by atoms with Crippen molar-refractivity contribution in [2.45, 2.75) is 12.2 Å². The number of benzene rings is 1. The van der Waals surface area contributed by atoms with Gasteiger partial charge in [-0.1, -0.05) is 12.1 Å². The number of carbonyl (C=O) groups excluding carboxylic acids is 1. The minimum atomic E-state index is -0.892. The molecule has 96 valence electrons. The number of halogens is 1. The minimum Gasteiger partial charge on any atom is -0.388 e. The highest BCUT2D eigenvalue weighted by molar-refractivity contribution is 5.92. The summed E-state index contributed by atoms with van der Waals surface area (Å²) in [5.41, 5.74) is 0.587. The van der Waals surface area contributed by atoms with E-state index in [1.54, 1.807) is 12.1 Å². The predicted octanol–water partition coefficient (Wildman–Crippen LogP) is 0.403. The second kappa shape index (κ2) is 5.29. The van der Waals surface area contributed by atoms with Gasteiger partial charge in [0.25, 0.3) is 0 Å². The SMILES string of the molecule is O=C(/C=C/c1cccc(F)c1)N1CC(O)C(O)C1. The molecule has 1 heterocycles. The van der Waals surface area contributed by atoms with Gasteiger partial charge in [0.15, 0.2) is 0 Å². The van der Waals surface area contributed by atoms with E-state index in [-0.39, 0.29) is 24.8 Å². The van der Waals surface area contributed by atoms with Gasteiger partial charge in [0.2, 0.25) is 5.91 Å². The molecule has 1 fully saturated rings. The van der Waals surface area contributed by atoms with Crippen molar-refractivity contribution < 1.29 is 19.4 Å². The lowest BCUT2D eigenvalue weighted by atomic mass is 10.2. The monoisotopic (exact) mass is 251 g/mol. The molecule has 2 rings (SSSR count). The average Bonchev–Trinajstić information content (AvgIpc) is 2.67. The molecular weight excluding hydrogens is 237 g/mol. The number of aliphatic hydroxyl groups excluding tert-OH is 2. The van der Waals surface area contributed by atoms with Crippen LogP contribution in [0.4, 0.5) is 4.39 Å². The standard InChI is InChI=1S/C13H14FNO3/c14-10-3-1-2-9(6-10)4-5-13(18)15-7-11(16)12(17)8-15/h1-6,11-12,16-17H,7-8H2/b5-4+. The molecule has 1 aliphatic rings. The third kappa shape index (κ3) is 2.94. The van der Waals surface area contributed by atoms with Gasteiger partial charge < -0.3 is 15.1 Å². The predicted molar refractivity (Wildman–Crippen MR) is 64.0 cm³/mol. The summed E-state index contributed by atoms with van der Waals surface area (Å²) in [6.07, 6.45) is 1.02. The number of likely N-dealkylation sites (tertiary alicyclic amines) is 1. The van der Waals surface area contributed by atoms with Crippen LogP contribution in [0.3, 0.4) is 0 Å². The Balaban J connectivity index is 1.99. The molecule has 2 atom stereocenters. The first kappa shape index (κ1) is 12.7. The Morgan fingerprint density at radius 2 is 2.00 bits per heavy atom. The van der Waals surface area contributed by atoms with Crippen LogP contribution < -0.4 is 0 Å². The van der Waals surface area contributed by atoms with Crippen LogP contribution in [0.2, 0.25) is 0 Å². The molecule has 0 radical (unpaired) electrons. The van der Waals surface area contributed by atoms with Crippen LogP contribution in [0.1, 0.15) is 5.56 Å². The van der Waals surface area contributed by atoms with Crippen LogP contribution in [0.5, 0.6) is 0 Å². The number of β-amino-alcohol motifs (C(OH)–C–C–N with tert-alkyl or cyclic N) is 2. The Morgan fingerprint density at radius 1 is 1.33 bits per heavy atom. The van der Waals surface area contributed by atoms with Crippen LogP contribution in [0.25, 0.3) is 6.08 Å². The molecule has 1 amide bonds. The molecule has 0 saturated carbocycles. The first-order chi connectivity index (χ1) is 8.56. The summed E-state index contributed by atoms with van der Waals surface area (Å²) >= 11 is 0. The molecule has 4 nitrogen and oxygen atoms in total. The molecule has 1 saturated heterocycles. The lowest BCUT2D eigenvalue weighted by Gasteiger charge is -2.11. The fourth-order valence-electron chi connectivity index (χ4n) is 1.83. The second-order valence-corrected chi connectivity index (χ2v) is 4.27. The Labute approximate surface area is 104 Å². The van der Waals surface area contributed by atoms with Gasteiger partial charge in [0, 0.05) is 19.2 Å². The Bertz CT molecular complexity index is 465. The van der Waals surface area contributed by atoms with Gasteiger partial charge in [-0.25, -0.2) is 4.39 Å². The summed E-state index contributed by atoms with van der Waals surface area (Å²) in [6.45, 7) is 0.237. The summed E-state index contributed by atoms with van der Waals surface area (Å²) in [5.74, 6) is -0.675. The second-order valence-electron chi connectivity index (χ2n) is 4.27. The summed E-state index contributed by atoms with van der Waals surface area (Å²) in [7, 11) is 0. The highest BCUT2D eigenvalue weighted by Gasteiger charge is 2.31. The zero-order valence-corrected chi connectivity index (χ0v) is 9.66. The topological polar surface area (TPSA) is 60.8 Å². The molecular formula is C13H14FNO3.